The number of hydrogen-bond donors (Lipinski definition) is 0. The number of aromatic nitrogens is 3. The number of carbonyl (C=O) groups excluding carboxylic acids is 1. The van der Waals surface area contributed by atoms with Crippen molar-refractivity contribution in [1.82, 2.24) is 19.7 Å². The van der Waals surface area contributed by atoms with Gasteiger partial charge in [0.1, 0.15) is 12.2 Å². The molecule has 1 saturated heterocycles. The quantitative estimate of drug-likeness (QED) is 0.850. The van der Waals surface area contributed by atoms with Crippen LogP contribution in [0.1, 0.15) is 76.5 Å². The summed E-state index contributed by atoms with van der Waals surface area (Å²) in [6.07, 6.45) is 12.7. The van der Waals surface area contributed by atoms with Gasteiger partial charge in [-0.15, -0.1) is 10.2 Å². The smallest absolute Gasteiger partial charge is 0.225 e. The highest BCUT2D eigenvalue weighted by molar-refractivity contribution is 5.79. The van der Waals surface area contributed by atoms with E-state index < -0.39 is 0 Å². The summed E-state index contributed by atoms with van der Waals surface area (Å²) in [4.78, 5) is 15.2. The molecule has 1 aromatic heterocycles. The van der Waals surface area contributed by atoms with E-state index in [0.717, 1.165) is 44.7 Å². The van der Waals surface area contributed by atoms with Crippen LogP contribution in [0.15, 0.2) is 6.33 Å². The second-order valence-corrected chi connectivity index (χ2v) is 8.20. The molecule has 4 rings (SSSR count). The molecule has 2 heterocycles. The van der Waals surface area contributed by atoms with Crippen molar-refractivity contribution in [1.29, 1.82) is 0 Å². The maximum atomic E-state index is 13.0. The van der Waals surface area contributed by atoms with Crippen LogP contribution in [0.2, 0.25) is 0 Å². The molecule has 132 valence electrons. The minimum absolute atomic E-state index is 0.281. The number of likely N-dealkylation sites (tertiary alicyclic amines) is 1. The second kappa shape index (κ2) is 6.49. The number of amides is 1. The fourth-order valence-corrected chi connectivity index (χ4v) is 5.18. The first kappa shape index (κ1) is 16.1. The summed E-state index contributed by atoms with van der Waals surface area (Å²) in [7, 11) is 0. The number of nitrogens with zero attached hydrogens (tertiary/aromatic N) is 4. The summed E-state index contributed by atoms with van der Waals surface area (Å²) in [6.45, 7) is 4.98. The van der Waals surface area contributed by atoms with E-state index in [2.05, 4.69) is 26.6 Å². The Kier molecular flexibility index (Phi) is 4.35. The summed E-state index contributed by atoms with van der Waals surface area (Å²) >= 11 is 0. The van der Waals surface area contributed by atoms with Crippen LogP contribution in [0, 0.1) is 11.3 Å². The van der Waals surface area contributed by atoms with Gasteiger partial charge in [0.2, 0.25) is 5.91 Å². The zero-order valence-corrected chi connectivity index (χ0v) is 14.9. The van der Waals surface area contributed by atoms with E-state index in [9.17, 15) is 4.79 Å². The molecule has 1 unspecified atom stereocenters. The van der Waals surface area contributed by atoms with E-state index in [1.807, 2.05) is 6.33 Å². The molecular weight excluding hydrogens is 300 g/mol. The topological polar surface area (TPSA) is 51.0 Å². The van der Waals surface area contributed by atoms with Crippen molar-refractivity contribution in [2.75, 3.05) is 13.1 Å². The predicted octanol–water partition coefficient (Wildman–Crippen LogP) is 3.36. The second-order valence-electron chi connectivity index (χ2n) is 8.20. The SMILES string of the molecule is CCCn1cnnc1C1CN(C(=O)C2CCCCC2)CC12CCC2. The average molecular weight is 330 g/mol. The van der Waals surface area contributed by atoms with Gasteiger partial charge < -0.3 is 9.47 Å². The molecule has 2 aliphatic carbocycles. The van der Waals surface area contributed by atoms with E-state index in [1.54, 1.807) is 0 Å². The van der Waals surface area contributed by atoms with Crippen LogP contribution in [0.5, 0.6) is 0 Å². The van der Waals surface area contributed by atoms with E-state index in [-0.39, 0.29) is 11.3 Å². The van der Waals surface area contributed by atoms with Gasteiger partial charge in [-0.25, -0.2) is 0 Å². The Balaban J connectivity index is 1.54. The van der Waals surface area contributed by atoms with Gasteiger partial charge in [-0.3, -0.25) is 4.79 Å². The predicted molar refractivity (Wildman–Crippen MR) is 92.5 cm³/mol. The van der Waals surface area contributed by atoms with E-state index in [1.165, 1.54) is 38.5 Å². The number of carbonyl (C=O) groups is 1. The van der Waals surface area contributed by atoms with Crippen LogP contribution >= 0.6 is 0 Å². The lowest BCUT2D eigenvalue weighted by atomic mass is 9.62. The third-order valence-electron chi connectivity index (χ3n) is 6.69. The lowest BCUT2D eigenvalue weighted by Crippen LogP contribution is -2.40. The molecule has 1 spiro atoms. The molecule has 1 amide bonds. The van der Waals surface area contributed by atoms with Crippen LogP contribution in [-0.4, -0.2) is 38.7 Å². The largest absolute Gasteiger partial charge is 0.341 e. The highest BCUT2D eigenvalue weighted by atomic mass is 16.2. The van der Waals surface area contributed by atoms with E-state index in [4.69, 9.17) is 0 Å². The Hall–Kier alpha value is -1.39. The monoisotopic (exact) mass is 330 g/mol. The first-order valence-electron chi connectivity index (χ1n) is 9.90. The Morgan fingerprint density at radius 2 is 2.04 bits per heavy atom. The summed E-state index contributed by atoms with van der Waals surface area (Å²) in [5.74, 6) is 2.21. The van der Waals surface area contributed by atoms with Gasteiger partial charge in [0.15, 0.2) is 0 Å². The molecule has 0 aromatic carbocycles. The molecular formula is C19H30N4O. The summed E-state index contributed by atoms with van der Waals surface area (Å²) < 4.78 is 2.22. The summed E-state index contributed by atoms with van der Waals surface area (Å²) in [6, 6.07) is 0. The van der Waals surface area contributed by atoms with Crippen molar-refractivity contribution >= 4 is 5.91 Å². The fraction of sp³-hybridized carbons (Fsp3) is 0.842. The van der Waals surface area contributed by atoms with Gasteiger partial charge in [0.05, 0.1) is 0 Å². The first-order valence-corrected chi connectivity index (χ1v) is 9.90. The van der Waals surface area contributed by atoms with Crippen LogP contribution in [0.25, 0.3) is 0 Å². The third-order valence-corrected chi connectivity index (χ3v) is 6.69. The van der Waals surface area contributed by atoms with Gasteiger partial charge in [-0.1, -0.05) is 32.6 Å². The van der Waals surface area contributed by atoms with Crippen molar-refractivity contribution in [3.63, 3.8) is 0 Å². The van der Waals surface area contributed by atoms with Gasteiger partial charge in [-0.05, 0) is 37.5 Å². The Morgan fingerprint density at radius 1 is 1.25 bits per heavy atom. The molecule has 3 aliphatic rings. The van der Waals surface area contributed by atoms with Crippen molar-refractivity contribution < 1.29 is 4.79 Å². The summed E-state index contributed by atoms with van der Waals surface area (Å²) in [5, 5.41) is 8.65. The third kappa shape index (κ3) is 2.66. The fourth-order valence-electron chi connectivity index (χ4n) is 5.18. The van der Waals surface area contributed by atoms with Crippen molar-refractivity contribution in [2.45, 2.75) is 77.2 Å². The van der Waals surface area contributed by atoms with Crippen molar-refractivity contribution in [3.8, 4) is 0 Å². The van der Waals surface area contributed by atoms with Crippen LogP contribution in [-0.2, 0) is 11.3 Å². The Morgan fingerprint density at radius 3 is 2.71 bits per heavy atom. The normalized spacial score (nSPS) is 26.7. The lowest BCUT2D eigenvalue weighted by Gasteiger charge is -2.42. The first-order chi connectivity index (χ1) is 11.7. The number of rotatable bonds is 4. The average Bonchev–Trinajstić information content (AvgIpc) is 3.19. The van der Waals surface area contributed by atoms with Crippen molar-refractivity contribution in [3.05, 3.63) is 12.2 Å². The van der Waals surface area contributed by atoms with Crippen LogP contribution < -0.4 is 0 Å². The Bertz CT molecular complexity index is 586. The molecule has 24 heavy (non-hydrogen) atoms. The molecule has 1 atom stereocenters. The molecule has 1 aromatic rings. The zero-order chi connectivity index (χ0) is 16.6. The molecule has 5 nitrogen and oxygen atoms in total. The highest BCUT2D eigenvalue weighted by Gasteiger charge is 2.54. The van der Waals surface area contributed by atoms with E-state index >= 15 is 0 Å². The zero-order valence-electron chi connectivity index (χ0n) is 14.9. The standard InChI is InChI=1S/C19H30N4O/c1-2-11-22-14-20-21-17(22)16-12-23(13-19(16)9-6-10-19)18(24)15-7-4-3-5-8-15/h14-16H,2-13H2,1H3. The minimum Gasteiger partial charge on any atom is -0.341 e. The molecule has 0 bridgehead atoms. The molecule has 3 fully saturated rings. The number of aryl methyl sites for hydroxylation is 1. The van der Waals surface area contributed by atoms with Gasteiger partial charge in [0.25, 0.3) is 0 Å². The summed E-state index contributed by atoms with van der Waals surface area (Å²) in [5.41, 5.74) is 0.281. The minimum atomic E-state index is 0.281. The maximum Gasteiger partial charge on any atom is 0.225 e. The highest BCUT2D eigenvalue weighted by Crippen LogP contribution is 2.55. The van der Waals surface area contributed by atoms with Gasteiger partial charge in [0, 0.05) is 31.5 Å². The lowest BCUT2D eigenvalue weighted by molar-refractivity contribution is -0.136. The van der Waals surface area contributed by atoms with Crippen LogP contribution in [0.3, 0.4) is 0 Å². The number of hydrogen-bond acceptors (Lipinski definition) is 3. The van der Waals surface area contributed by atoms with Crippen LogP contribution in [0.4, 0.5) is 0 Å². The Labute approximate surface area is 144 Å². The molecule has 2 saturated carbocycles. The van der Waals surface area contributed by atoms with E-state index in [0.29, 0.717) is 11.8 Å². The van der Waals surface area contributed by atoms with Gasteiger partial charge in [-0.2, -0.15) is 0 Å². The molecule has 0 N–H and O–H groups in total. The molecule has 0 radical (unpaired) electrons. The van der Waals surface area contributed by atoms with Gasteiger partial charge >= 0.3 is 0 Å². The van der Waals surface area contributed by atoms with Crippen molar-refractivity contribution in [2.24, 2.45) is 11.3 Å². The molecule has 5 heteroatoms. The molecule has 1 aliphatic heterocycles. The maximum absolute atomic E-state index is 13.0.